The van der Waals surface area contributed by atoms with E-state index in [2.05, 4.69) is 34.6 Å². The van der Waals surface area contributed by atoms with Crippen LogP contribution in [0.3, 0.4) is 0 Å². The van der Waals surface area contributed by atoms with Crippen molar-refractivity contribution in [2.45, 2.75) is 419 Å². The van der Waals surface area contributed by atoms with Crippen LogP contribution in [-0.2, 0) is 65.4 Å². The topological polar surface area (TPSA) is 237 Å². The van der Waals surface area contributed by atoms with E-state index in [0.29, 0.717) is 25.7 Å². The van der Waals surface area contributed by atoms with Crippen LogP contribution in [0, 0.1) is 5.92 Å². The number of hydrogen-bond donors (Lipinski definition) is 3. The van der Waals surface area contributed by atoms with Crippen molar-refractivity contribution < 1.29 is 80.2 Å². The first-order chi connectivity index (χ1) is 46.1. The van der Waals surface area contributed by atoms with E-state index in [1.54, 1.807) is 0 Å². The highest BCUT2D eigenvalue weighted by molar-refractivity contribution is 7.47. The monoisotopic (exact) mass is 1400 g/mol. The Balaban J connectivity index is 5.14. The Hall–Kier alpha value is -1.94. The lowest BCUT2D eigenvalue weighted by molar-refractivity contribution is -0.161. The molecule has 19 heteroatoms. The number of aliphatic hydroxyl groups excluding tert-OH is 1. The van der Waals surface area contributed by atoms with E-state index in [-0.39, 0.29) is 25.7 Å². The number of ether oxygens (including phenoxy) is 4. The quantitative estimate of drug-likeness (QED) is 0.0222. The number of hydrogen-bond acceptors (Lipinski definition) is 15. The number of esters is 4. The largest absolute Gasteiger partial charge is 0.472 e. The molecule has 95 heavy (non-hydrogen) atoms. The molecule has 0 aliphatic carbocycles. The lowest BCUT2D eigenvalue weighted by Crippen LogP contribution is -2.30. The van der Waals surface area contributed by atoms with E-state index < -0.39 is 97.5 Å². The number of rotatable bonds is 76. The summed E-state index contributed by atoms with van der Waals surface area (Å²) < 4.78 is 68.3. The van der Waals surface area contributed by atoms with Crippen LogP contribution < -0.4 is 0 Å². The maximum Gasteiger partial charge on any atom is 0.472 e. The maximum atomic E-state index is 13.1. The van der Waals surface area contributed by atoms with Gasteiger partial charge in [0.25, 0.3) is 0 Å². The van der Waals surface area contributed by atoms with Gasteiger partial charge in [0.2, 0.25) is 0 Å². The summed E-state index contributed by atoms with van der Waals surface area (Å²) in [5.41, 5.74) is 0. The van der Waals surface area contributed by atoms with Crippen LogP contribution in [0.15, 0.2) is 0 Å². The molecule has 0 heterocycles. The Kier molecular flexibility index (Phi) is 67.7. The van der Waals surface area contributed by atoms with Gasteiger partial charge in [0.15, 0.2) is 12.2 Å². The SMILES string of the molecule is CCCCCCCCCCCCCCCCCCCC(=O)OC[C@H](COP(=O)(O)OC[C@@H](O)COP(=O)(O)OC[C@@H](COC(=O)CCCCCCC)OC(=O)CCCCCCCCCCCCCCCCC)OC(=O)CCCCCCCCCCCCCCCCC(C)CC. The molecule has 0 rings (SSSR count). The minimum Gasteiger partial charge on any atom is -0.462 e. The zero-order valence-electron chi connectivity index (χ0n) is 61.8. The second-order valence-corrected chi connectivity index (χ2v) is 30.5. The zero-order chi connectivity index (χ0) is 69.8. The Labute approximate surface area is 581 Å². The van der Waals surface area contributed by atoms with Crippen LogP contribution in [0.5, 0.6) is 0 Å². The highest BCUT2D eigenvalue weighted by atomic mass is 31.2. The fourth-order valence-electron chi connectivity index (χ4n) is 11.7. The molecule has 0 aromatic rings. The number of phosphoric acid groups is 2. The number of phosphoric ester groups is 2. The summed E-state index contributed by atoms with van der Waals surface area (Å²) in [5.74, 6) is -1.28. The molecule has 3 unspecified atom stereocenters. The van der Waals surface area contributed by atoms with E-state index in [9.17, 15) is 43.2 Å². The van der Waals surface area contributed by atoms with Gasteiger partial charge < -0.3 is 33.8 Å². The van der Waals surface area contributed by atoms with E-state index >= 15 is 0 Å². The van der Waals surface area contributed by atoms with Gasteiger partial charge in [-0.1, -0.05) is 349 Å². The first-order valence-corrected chi connectivity index (χ1v) is 42.7. The summed E-state index contributed by atoms with van der Waals surface area (Å²) in [5, 5.41) is 10.6. The van der Waals surface area contributed by atoms with Crippen molar-refractivity contribution in [3.8, 4) is 0 Å². The molecule has 0 aliphatic rings. The Morgan fingerprint density at radius 1 is 0.295 bits per heavy atom. The number of unbranched alkanes of at least 4 members (excludes halogenated alkanes) is 47. The molecule has 0 amide bonds. The first kappa shape index (κ1) is 93.1. The van der Waals surface area contributed by atoms with Crippen LogP contribution in [0.25, 0.3) is 0 Å². The van der Waals surface area contributed by atoms with Crippen molar-refractivity contribution in [3.63, 3.8) is 0 Å². The first-order valence-electron chi connectivity index (χ1n) is 39.7. The smallest absolute Gasteiger partial charge is 0.462 e. The second kappa shape index (κ2) is 69.2. The minimum atomic E-state index is -4.95. The predicted octanol–water partition coefficient (Wildman–Crippen LogP) is 22.5. The van der Waals surface area contributed by atoms with Gasteiger partial charge in [0.05, 0.1) is 26.4 Å². The fourth-order valence-corrected chi connectivity index (χ4v) is 13.3. The Morgan fingerprint density at radius 3 is 0.747 bits per heavy atom. The number of aliphatic hydroxyl groups is 1. The van der Waals surface area contributed by atoms with Crippen LogP contribution in [0.2, 0.25) is 0 Å². The average molecular weight is 1400 g/mol. The molecule has 0 aliphatic heterocycles. The predicted molar refractivity (Wildman–Crippen MR) is 386 cm³/mol. The Morgan fingerprint density at radius 2 is 0.505 bits per heavy atom. The summed E-state index contributed by atoms with van der Waals surface area (Å²) in [6.07, 6.45) is 58.6. The molecule has 0 bridgehead atoms. The zero-order valence-corrected chi connectivity index (χ0v) is 63.6. The van der Waals surface area contributed by atoms with Crippen molar-refractivity contribution >= 4 is 39.5 Å². The molecule has 0 saturated carbocycles. The molecule has 3 N–H and O–H groups in total. The summed E-state index contributed by atoms with van der Waals surface area (Å²) in [4.78, 5) is 72.5. The molecule has 0 aromatic carbocycles. The molecule has 564 valence electrons. The Bertz CT molecular complexity index is 1820. The molecule has 0 aromatic heterocycles. The lowest BCUT2D eigenvalue weighted by atomic mass is 9.99. The third-order valence-electron chi connectivity index (χ3n) is 18.1. The summed E-state index contributed by atoms with van der Waals surface area (Å²) in [6.45, 7) is 7.27. The molecule has 0 fully saturated rings. The van der Waals surface area contributed by atoms with Gasteiger partial charge in [-0.3, -0.25) is 37.3 Å². The van der Waals surface area contributed by atoms with Crippen LogP contribution in [-0.4, -0.2) is 96.7 Å². The van der Waals surface area contributed by atoms with Crippen LogP contribution >= 0.6 is 15.6 Å². The standard InChI is InChI=1S/C76H148O17P2/c1-6-10-13-16-18-20-22-24-26-27-29-33-37-41-45-50-55-60-74(79)87-66-72(93-76(81)62-57-52-47-43-39-35-31-30-32-36-40-44-49-53-58-69(5)9-4)68-91-95(84,85)89-64-70(77)63-88-94(82,83)90-67-71(65-86-73(78)59-54-48-15-12-8-3)92-75(80)61-56-51-46-42-38-34-28-25-23-21-19-17-14-11-7-2/h69-72,77H,6-68H2,1-5H3,(H,82,83)(H,84,85)/t69?,70-,71+,72+/m0/s1. The van der Waals surface area contributed by atoms with Gasteiger partial charge in [0.1, 0.15) is 19.3 Å². The van der Waals surface area contributed by atoms with E-state index in [1.165, 1.54) is 218 Å². The van der Waals surface area contributed by atoms with E-state index in [1.807, 2.05) is 0 Å². The summed E-state index contributed by atoms with van der Waals surface area (Å²) in [7, 11) is -9.90. The highest BCUT2D eigenvalue weighted by Gasteiger charge is 2.30. The lowest BCUT2D eigenvalue weighted by Gasteiger charge is -2.21. The van der Waals surface area contributed by atoms with E-state index in [4.69, 9.17) is 37.0 Å². The van der Waals surface area contributed by atoms with Crippen LogP contribution in [0.4, 0.5) is 0 Å². The van der Waals surface area contributed by atoms with Crippen molar-refractivity contribution in [1.29, 1.82) is 0 Å². The molecule has 6 atom stereocenters. The molecule has 0 radical (unpaired) electrons. The van der Waals surface area contributed by atoms with Crippen molar-refractivity contribution in [2.24, 2.45) is 5.92 Å². The summed E-state index contributed by atoms with van der Waals surface area (Å²) in [6, 6.07) is 0. The van der Waals surface area contributed by atoms with Gasteiger partial charge in [-0.25, -0.2) is 9.13 Å². The molecule has 0 saturated heterocycles. The second-order valence-electron chi connectivity index (χ2n) is 27.6. The molecule has 0 spiro atoms. The average Bonchev–Trinajstić information content (AvgIpc) is 2.71. The number of carbonyl (C=O) groups is 4. The minimum absolute atomic E-state index is 0.107. The van der Waals surface area contributed by atoms with Crippen molar-refractivity contribution in [1.82, 2.24) is 0 Å². The van der Waals surface area contributed by atoms with Crippen molar-refractivity contribution in [2.75, 3.05) is 39.6 Å². The van der Waals surface area contributed by atoms with Crippen LogP contribution in [0.1, 0.15) is 401 Å². The molecular weight excluding hydrogens is 1250 g/mol. The fraction of sp³-hybridized carbons (Fsp3) is 0.947. The number of carbonyl (C=O) groups excluding carboxylic acids is 4. The van der Waals surface area contributed by atoms with Gasteiger partial charge in [0, 0.05) is 25.7 Å². The van der Waals surface area contributed by atoms with Gasteiger partial charge in [-0.05, 0) is 31.6 Å². The summed E-state index contributed by atoms with van der Waals surface area (Å²) >= 11 is 0. The van der Waals surface area contributed by atoms with E-state index in [0.717, 1.165) is 102 Å². The third kappa shape index (κ3) is 69.0. The van der Waals surface area contributed by atoms with Crippen molar-refractivity contribution in [3.05, 3.63) is 0 Å². The molecular formula is C76H148O17P2. The van der Waals surface area contributed by atoms with Gasteiger partial charge in [-0.2, -0.15) is 0 Å². The third-order valence-corrected chi connectivity index (χ3v) is 20.0. The van der Waals surface area contributed by atoms with Gasteiger partial charge in [-0.15, -0.1) is 0 Å². The molecule has 17 nitrogen and oxygen atoms in total. The van der Waals surface area contributed by atoms with Gasteiger partial charge >= 0.3 is 39.5 Å². The highest BCUT2D eigenvalue weighted by Crippen LogP contribution is 2.45. The normalized spacial score (nSPS) is 14.2. The maximum absolute atomic E-state index is 13.1.